The van der Waals surface area contributed by atoms with Gasteiger partial charge in [-0.15, -0.1) is 10.2 Å². The summed E-state index contributed by atoms with van der Waals surface area (Å²) in [5.41, 5.74) is 2.73. The van der Waals surface area contributed by atoms with Crippen LogP contribution in [0, 0.1) is 0 Å². The maximum absolute atomic E-state index is 5.38. The molecule has 0 amide bonds. The third kappa shape index (κ3) is 3.31. The molecule has 120 valence electrons. The fourth-order valence-corrected chi connectivity index (χ4v) is 3.69. The Morgan fingerprint density at radius 1 is 1.17 bits per heavy atom. The first-order valence-corrected chi connectivity index (χ1v) is 9.04. The van der Waals surface area contributed by atoms with Gasteiger partial charge >= 0.3 is 0 Å². The van der Waals surface area contributed by atoms with Crippen LogP contribution in [0.5, 0.6) is 0 Å². The number of hydrogen-bond acceptors (Lipinski definition) is 5. The summed E-state index contributed by atoms with van der Waals surface area (Å²) in [6, 6.07) is 8.10. The lowest BCUT2D eigenvalue weighted by molar-refractivity contribution is -0.908. The minimum atomic E-state index is 0.751. The zero-order valence-electron chi connectivity index (χ0n) is 12.9. The first-order valence-electron chi connectivity index (χ1n) is 8.05. The topological polar surface area (TPSA) is 68.1 Å². The molecule has 1 aliphatic heterocycles. The number of nitrogens with one attached hydrogen (secondary N) is 2. The van der Waals surface area contributed by atoms with E-state index in [4.69, 9.17) is 4.74 Å². The van der Waals surface area contributed by atoms with E-state index in [1.54, 1.807) is 16.7 Å². The summed E-state index contributed by atoms with van der Waals surface area (Å²) in [6.07, 6.45) is 1.16. The van der Waals surface area contributed by atoms with Crippen LogP contribution in [0.3, 0.4) is 0 Å². The molecule has 0 saturated carbocycles. The minimum absolute atomic E-state index is 0.751. The number of rotatable bonds is 5. The number of quaternary nitrogens is 1. The van der Waals surface area contributed by atoms with Gasteiger partial charge in [0.25, 0.3) is 0 Å². The van der Waals surface area contributed by atoms with Crippen molar-refractivity contribution in [3.63, 3.8) is 0 Å². The molecule has 1 saturated heterocycles. The standard InChI is InChI=1S/C16H19N5OS/c1-2-5-13-12(4-1)14-15(17-13)18-16(20-19-14)23-11-3-6-21-7-9-22-10-8-21/h1-2,4-5H,3,6-11H2,(H,17,18,20)/p+1. The van der Waals surface area contributed by atoms with E-state index in [9.17, 15) is 0 Å². The molecule has 2 N–H and O–H groups in total. The number of aromatic nitrogens is 4. The summed E-state index contributed by atoms with van der Waals surface area (Å²) in [6.45, 7) is 5.24. The third-order valence-corrected chi connectivity index (χ3v) is 5.13. The number of fused-ring (bicyclic) bond motifs is 3. The van der Waals surface area contributed by atoms with E-state index in [-0.39, 0.29) is 0 Å². The Hall–Kier alpha value is -1.70. The molecule has 2 aromatic heterocycles. The van der Waals surface area contributed by atoms with Crippen LogP contribution in [-0.4, -0.2) is 58.8 Å². The first-order chi connectivity index (χ1) is 11.4. The molecule has 23 heavy (non-hydrogen) atoms. The number of para-hydroxylation sites is 1. The van der Waals surface area contributed by atoms with Gasteiger partial charge in [0, 0.05) is 23.1 Å². The molecule has 3 aromatic rings. The second-order valence-electron chi connectivity index (χ2n) is 5.78. The van der Waals surface area contributed by atoms with Gasteiger partial charge in [-0.3, -0.25) is 0 Å². The van der Waals surface area contributed by atoms with Crippen LogP contribution >= 0.6 is 11.8 Å². The highest BCUT2D eigenvalue weighted by Gasteiger charge is 2.13. The Bertz CT molecular complexity index is 799. The Morgan fingerprint density at radius 3 is 2.96 bits per heavy atom. The highest BCUT2D eigenvalue weighted by molar-refractivity contribution is 7.99. The number of benzene rings is 1. The van der Waals surface area contributed by atoms with Crippen LogP contribution in [0.1, 0.15) is 6.42 Å². The van der Waals surface area contributed by atoms with Crippen LogP contribution in [0.25, 0.3) is 22.1 Å². The van der Waals surface area contributed by atoms with Crippen LogP contribution in [0.4, 0.5) is 0 Å². The van der Waals surface area contributed by atoms with Gasteiger partial charge in [0.1, 0.15) is 18.6 Å². The second kappa shape index (κ2) is 6.82. The van der Waals surface area contributed by atoms with Gasteiger partial charge in [-0.2, -0.15) is 0 Å². The molecule has 3 heterocycles. The van der Waals surface area contributed by atoms with Crippen LogP contribution < -0.4 is 4.90 Å². The predicted octanol–water partition coefficient (Wildman–Crippen LogP) is 0.903. The predicted molar refractivity (Wildman–Crippen MR) is 90.9 cm³/mol. The fraction of sp³-hybridized carbons (Fsp3) is 0.438. The number of ether oxygens (including phenoxy) is 1. The molecule has 1 aliphatic rings. The fourth-order valence-electron chi connectivity index (χ4n) is 2.96. The Kier molecular flexibility index (Phi) is 4.41. The zero-order chi connectivity index (χ0) is 15.5. The van der Waals surface area contributed by atoms with Crippen molar-refractivity contribution in [1.82, 2.24) is 20.2 Å². The first kappa shape index (κ1) is 14.9. The van der Waals surface area contributed by atoms with Gasteiger partial charge in [-0.05, 0) is 6.07 Å². The summed E-state index contributed by atoms with van der Waals surface area (Å²) in [5, 5.41) is 10.4. The Labute approximate surface area is 138 Å². The van der Waals surface area contributed by atoms with E-state index in [0.717, 1.165) is 65.7 Å². The number of aromatic amines is 1. The number of hydrogen-bond donors (Lipinski definition) is 2. The maximum Gasteiger partial charge on any atom is 0.211 e. The molecular formula is C16H20N5OS+. The number of H-pyrrole nitrogens is 1. The van der Waals surface area contributed by atoms with Crippen molar-refractivity contribution in [2.24, 2.45) is 0 Å². The largest absolute Gasteiger partial charge is 0.370 e. The molecule has 4 rings (SSSR count). The van der Waals surface area contributed by atoms with Gasteiger partial charge in [0.15, 0.2) is 5.65 Å². The average Bonchev–Trinajstić information content (AvgIpc) is 2.97. The SMILES string of the molecule is c1ccc2c(c1)[nH]c1nc(SCCC[NH+]3CCOCC3)nnc12. The molecular weight excluding hydrogens is 310 g/mol. The van der Waals surface area contributed by atoms with Crippen molar-refractivity contribution in [2.45, 2.75) is 11.6 Å². The van der Waals surface area contributed by atoms with Gasteiger partial charge in [-0.25, -0.2) is 4.98 Å². The molecule has 0 spiro atoms. The zero-order valence-corrected chi connectivity index (χ0v) is 13.7. The molecule has 0 unspecified atom stereocenters. The van der Waals surface area contributed by atoms with Crippen LogP contribution in [0.15, 0.2) is 29.4 Å². The quantitative estimate of drug-likeness (QED) is 0.537. The van der Waals surface area contributed by atoms with Crippen molar-refractivity contribution in [2.75, 3.05) is 38.6 Å². The van der Waals surface area contributed by atoms with E-state index < -0.39 is 0 Å². The average molecular weight is 330 g/mol. The molecule has 6 nitrogen and oxygen atoms in total. The smallest absolute Gasteiger partial charge is 0.211 e. The van der Waals surface area contributed by atoms with E-state index in [2.05, 4.69) is 20.2 Å². The summed E-state index contributed by atoms with van der Waals surface area (Å²) >= 11 is 1.68. The molecule has 0 radical (unpaired) electrons. The van der Waals surface area contributed by atoms with Crippen molar-refractivity contribution in [3.05, 3.63) is 24.3 Å². The Balaban J connectivity index is 1.38. The normalized spacial score (nSPS) is 16.3. The van der Waals surface area contributed by atoms with Gasteiger partial charge < -0.3 is 14.6 Å². The number of thioether (sulfide) groups is 1. The Morgan fingerprint density at radius 2 is 2.04 bits per heavy atom. The van der Waals surface area contributed by atoms with Crippen molar-refractivity contribution >= 4 is 33.8 Å². The highest BCUT2D eigenvalue weighted by Crippen LogP contribution is 2.23. The van der Waals surface area contributed by atoms with Crippen molar-refractivity contribution in [3.8, 4) is 0 Å². The molecule has 1 aromatic carbocycles. The van der Waals surface area contributed by atoms with E-state index in [1.165, 1.54) is 6.54 Å². The lowest BCUT2D eigenvalue weighted by Gasteiger charge is -2.23. The monoisotopic (exact) mass is 330 g/mol. The van der Waals surface area contributed by atoms with E-state index in [1.807, 2.05) is 24.3 Å². The van der Waals surface area contributed by atoms with E-state index >= 15 is 0 Å². The molecule has 0 bridgehead atoms. The summed E-state index contributed by atoms with van der Waals surface area (Å²) in [7, 11) is 0. The van der Waals surface area contributed by atoms with E-state index in [0.29, 0.717) is 0 Å². The summed E-state index contributed by atoms with van der Waals surface area (Å²) < 4.78 is 5.38. The highest BCUT2D eigenvalue weighted by atomic mass is 32.2. The molecule has 1 fully saturated rings. The lowest BCUT2D eigenvalue weighted by atomic mass is 10.2. The number of morpholine rings is 1. The minimum Gasteiger partial charge on any atom is -0.370 e. The third-order valence-electron chi connectivity index (χ3n) is 4.21. The summed E-state index contributed by atoms with van der Waals surface area (Å²) in [5.74, 6) is 1.03. The maximum atomic E-state index is 5.38. The van der Waals surface area contributed by atoms with Crippen LogP contribution in [0.2, 0.25) is 0 Å². The molecule has 0 aliphatic carbocycles. The van der Waals surface area contributed by atoms with Crippen molar-refractivity contribution in [1.29, 1.82) is 0 Å². The van der Waals surface area contributed by atoms with Crippen molar-refractivity contribution < 1.29 is 9.64 Å². The molecule has 7 heteroatoms. The van der Waals surface area contributed by atoms with Gasteiger partial charge in [-0.1, -0.05) is 30.0 Å². The summed E-state index contributed by atoms with van der Waals surface area (Å²) in [4.78, 5) is 9.56. The van der Waals surface area contributed by atoms with Gasteiger partial charge in [0.05, 0.1) is 19.8 Å². The van der Waals surface area contributed by atoms with Crippen LogP contribution in [-0.2, 0) is 4.74 Å². The number of nitrogens with zero attached hydrogens (tertiary/aromatic N) is 3. The second-order valence-corrected chi connectivity index (χ2v) is 6.84. The molecule has 0 atom stereocenters. The van der Waals surface area contributed by atoms with Gasteiger partial charge in [0.2, 0.25) is 5.16 Å². The lowest BCUT2D eigenvalue weighted by Crippen LogP contribution is -3.14.